The monoisotopic (exact) mass is 410 g/mol. The molecule has 28 heavy (non-hydrogen) atoms. The van der Waals surface area contributed by atoms with Crippen molar-refractivity contribution in [1.29, 1.82) is 0 Å². The fourth-order valence-electron chi connectivity index (χ4n) is 2.52. The lowest BCUT2D eigenvalue weighted by Crippen LogP contribution is -2.46. The van der Waals surface area contributed by atoms with Crippen LogP contribution in [0.15, 0.2) is 30.3 Å². The van der Waals surface area contributed by atoms with Crippen LogP contribution in [0, 0.1) is 0 Å². The summed E-state index contributed by atoms with van der Waals surface area (Å²) < 4.78 is 9.35. The van der Waals surface area contributed by atoms with Crippen molar-refractivity contribution in [3.05, 3.63) is 35.9 Å². The Labute approximate surface area is 173 Å². The molecule has 1 aliphatic heterocycles. The molecule has 0 bridgehead atoms. The number of unbranched alkanes of at least 4 members (excludes halogenated alkanes) is 1. The van der Waals surface area contributed by atoms with Crippen LogP contribution < -0.4 is 10.6 Å². The smallest absolute Gasteiger partial charge is 0.293 e. The Bertz CT molecular complexity index is 526. The lowest BCUT2D eigenvalue weighted by molar-refractivity contribution is -0.128. The van der Waals surface area contributed by atoms with Gasteiger partial charge < -0.3 is 20.1 Å². The van der Waals surface area contributed by atoms with Gasteiger partial charge in [-0.25, -0.2) is 0 Å². The molecule has 1 fully saturated rings. The van der Waals surface area contributed by atoms with Crippen LogP contribution in [0.3, 0.4) is 0 Å². The van der Waals surface area contributed by atoms with Gasteiger partial charge in [-0.1, -0.05) is 30.3 Å². The van der Waals surface area contributed by atoms with Crippen LogP contribution in [-0.4, -0.2) is 62.8 Å². The maximum atomic E-state index is 12.3. The standard InChI is InChI=1S/C18H28N2O2S.C3H6O2/c1-23-12-10-17(20-13-16-14-22-16)18(21)19-11-6-5-9-15-7-3-2-4-8-15;1-2-5-3-4/h2-4,7-8,16-17,20H,5-6,9-14H2,1H3,(H,19,21);3H,2H2,1H3. The van der Waals surface area contributed by atoms with Crippen molar-refractivity contribution in [2.75, 3.05) is 38.3 Å². The van der Waals surface area contributed by atoms with Crippen molar-refractivity contribution in [2.24, 2.45) is 0 Å². The van der Waals surface area contributed by atoms with E-state index in [9.17, 15) is 9.59 Å². The first-order valence-electron chi connectivity index (χ1n) is 9.92. The fraction of sp³-hybridized carbons (Fsp3) is 0.619. The fourth-order valence-corrected chi connectivity index (χ4v) is 2.99. The Hall–Kier alpha value is -1.57. The summed E-state index contributed by atoms with van der Waals surface area (Å²) in [6, 6.07) is 10.4. The van der Waals surface area contributed by atoms with Crippen molar-refractivity contribution >= 4 is 24.1 Å². The molecule has 1 aromatic carbocycles. The van der Waals surface area contributed by atoms with Gasteiger partial charge in [0.25, 0.3) is 6.47 Å². The lowest BCUT2D eigenvalue weighted by atomic mass is 10.1. The number of carbonyl (C=O) groups excluding carboxylic acids is 2. The number of aryl methyl sites for hydroxylation is 1. The highest BCUT2D eigenvalue weighted by atomic mass is 32.2. The molecule has 2 N–H and O–H groups in total. The third-order valence-electron chi connectivity index (χ3n) is 4.19. The van der Waals surface area contributed by atoms with Crippen LogP contribution in [0.2, 0.25) is 0 Å². The number of hydrogen-bond donors (Lipinski definition) is 2. The predicted molar refractivity (Wildman–Crippen MR) is 115 cm³/mol. The predicted octanol–water partition coefficient (Wildman–Crippen LogP) is 2.41. The first-order chi connectivity index (χ1) is 13.7. The molecule has 2 unspecified atom stereocenters. The van der Waals surface area contributed by atoms with Gasteiger partial charge >= 0.3 is 0 Å². The molecular weight excluding hydrogens is 376 g/mol. The molecule has 7 heteroatoms. The molecule has 0 aliphatic carbocycles. The van der Waals surface area contributed by atoms with Gasteiger partial charge in [-0.2, -0.15) is 11.8 Å². The minimum Gasteiger partial charge on any atom is -0.468 e. The molecule has 1 aromatic rings. The van der Waals surface area contributed by atoms with E-state index in [0.29, 0.717) is 19.2 Å². The quantitative estimate of drug-likeness (QED) is 0.279. The van der Waals surface area contributed by atoms with E-state index in [1.54, 1.807) is 18.7 Å². The second-order valence-electron chi connectivity index (χ2n) is 6.48. The highest BCUT2D eigenvalue weighted by Crippen LogP contribution is 2.08. The van der Waals surface area contributed by atoms with E-state index < -0.39 is 0 Å². The maximum absolute atomic E-state index is 12.3. The summed E-state index contributed by atoms with van der Waals surface area (Å²) >= 11 is 1.78. The van der Waals surface area contributed by atoms with Gasteiger partial charge in [0, 0.05) is 13.1 Å². The van der Waals surface area contributed by atoms with Gasteiger partial charge in [0.1, 0.15) is 0 Å². The Morgan fingerprint density at radius 2 is 2.11 bits per heavy atom. The number of hydrogen-bond acceptors (Lipinski definition) is 6. The summed E-state index contributed by atoms with van der Waals surface area (Å²) in [5, 5.41) is 6.40. The number of carbonyl (C=O) groups is 2. The number of epoxide rings is 1. The maximum Gasteiger partial charge on any atom is 0.293 e. The SMILES string of the molecule is CCOC=O.CSCCC(NCC1CO1)C(=O)NCCCCc1ccccc1. The third-order valence-corrected chi connectivity index (χ3v) is 4.83. The average molecular weight is 411 g/mol. The molecular formula is C21H34N2O4S. The van der Waals surface area contributed by atoms with Gasteiger partial charge in [-0.3, -0.25) is 9.59 Å². The molecule has 0 saturated carbocycles. The molecule has 0 spiro atoms. The van der Waals surface area contributed by atoms with Gasteiger partial charge in [0.2, 0.25) is 5.91 Å². The van der Waals surface area contributed by atoms with Crippen LogP contribution >= 0.6 is 11.8 Å². The van der Waals surface area contributed by atoms with Crippen molar-refractivity contribution in [1.82, 2.24) is 10.6 Å². The van der Waals surface area contributed by atoms with E-state index in [1.807, 2.05) is 6.07 Å². The van der Waals surface area contributed by atoms with E-state index in [1.165, 1.54) is 5.56 Å². The van der Waals surface area contributed by atoms with Crippen molar-refractivity contribution in [3.63, 3.8) is 0 Å². The Kier molecular flexibility index (Phi) is 14.3. The van der Waals surface area contributed by atoms with Crippen LogP contribution in [0.25, 0.3) is 0 Å². The molecule has 2 rings (SSSR count). The molecule has 1 saturated heterocycles. The molecule has 2 atom stereocenters. The number of rotatable bonds is 14. The topological polar surface area (TPSA) is 80.0 Å². The second kappa shape index (κ2) is 16.4. The number of amides is 1. The van der Waals surface area contributed by atoms with E-state index >= 15 is 0 Å². The molecule has 1 heterocycles. The highest BCUT2D eigenvalue weighted by Gasteiger charge is 2.25. The number of thioether (sulfide) groups is 1. The van der Waals surface area contributed by atoms with Crippen molar-refractivity contribution in [3.8, 4) is 0 Å². The molecule has 1 aliphatic rings. The zero-order valence-electron chi connectivity index (χ0n) is 17.0. The van der Waals surface area contributed by atoms with Gasteiger partial charge in [0.15, 0.2) is 0 Å². The van der Waals surface area contributed by atoms with Crippen LogP contribution in [-0.2, 0) is 25.5 Å². The average Bonchev–Trinajstić information content (AvgIpc) is 3.54. The van der Waals surface area contributed by atoms with E-state index in [-0.39, 0.29) is 11.9 Å². The molecule has 6 nitrogen and oxygen atoms in total. The lowest BCUT2D eigenvalue weighted by Gasteiger charge is -2.17. The highest BCUT2D eigenvalue weighted by molar-refractivity contribution is 7.98. The summed E-state index contributed by atoms with van der Waals surface area (Å²) in [5.74, 6) is 1.12. The third kappa shape index (κ3) is 12.8. The summed E-state index contributed by atoms with van der Waals surface area (Å²) in [7, 11) is 0. The van der Waals surface area contributed by atoms with Crippen molar-refractivity contribution < 1.29 is 19.1 Å². The molecule has 158 valence electrons. The van der Waals surface area contributed by atoms with E-state index in [0.717, 1.165) is 51.1 Å². The van der Waals surface area contributed by atoms with Crippen molar-refractivity contribution in [2.45, 2.75) is 44.8 Å². The largest absolute Gasteiger partial charge is 0.468 e. The second-order valence-corrected chi connectivity index (χ2v) is 7.47. The summed E-state index contributed by atoms with van der Waals surface area (Å²) in [5.41, 5.74) is 1.36. The first kappa shape index (κ1) is 24.5. The Morgan fingerprint density at radius 3 is 2.68 bits per heavy atom. The van der Waals surface area contributed by atoms with Gasteiger partial charge in [0.05, 0.1) is 25.4 Å². The Balaban J connectivity index is 0.000000696. The normalized spacial score (nSPS) is 15.7. The first-order valence-corrected chi connectivity index (χ1v) is 11.3. The van der Waals surface area contributed by atoms with Crippen LogP contribution in [0.1, 0.15) is 31.7 Å². The summed E-state index contributed by atoms with van der Waals surface area (Å²) in [6.45, 7) is 5.02. The summed E-state index contributed by atoms with van der Waals surface area (Å²) in [6.07, 6.45) is 6.44. The van der Waals surface area contributed by atoms with Crippen LogP contribution in [0.4, 0.5) is 0 Å². The van der Waals surface area contributed by atoms with Gasteiger partial charge in [-0.15, -0.1) is 0 Å². The minimum atomic E-state index is -0.0965. The minimum absolute atomic E-state index is 0.0965. The Morgan fingerprint density at radius 1 is 1.36 bits per heavy atom. The zero-order chi connectivity index (χ0) is 20.5. The molecule has 0 aromatic heterocycles. The van der Waals surface area contributed by atoms with Gasteiger partial charge in [-0.05, 0) is 50.2 Å². The number of ether oxygens (including phenoxy) is 2. The number of benzene rings is 1. The van der Waals surface area contributed by atoms with Crippen LogP contribution in [0.5, 0.6) is 0 Å². The molecule has 0 radical (unpaired) electrons. The zero-order valence-corrected chi connectivity index (χ0v) is 17.8. The number of nitrogens with one attached hydrogen (secondary N) is 2. The molecule has 1 amide bonds. The van der Waals surface area contributed by atoms with E-state index in [2.05, 4.69) is 45.9 Å². The van der Waals surface area contributed by atoms with E-state index in [4.69, 9.17) is 4.74 Å². The summed E-state index contributed by atoms with van der Waals surface area (Å²) in [4.78, 5) is 21.5.